The van der Waals surface area contributed by atoms with Gasteiger partial charge in [0, 0.05) is 12.7 Å². The molecule has 3 rings (SSSR count). The fourth-order valence-electron chi connectivity index (χ4n) is 2.55. The third kappa shape index (κ3) is 2.24. The maximum Gasteiger partial charge on any atom is 0.329 e. The van der Waals surface area contributed by atoms with Gasteiger partial charge in [-0.3, -0.25) is 9.78 Å². The molecule has 0 aromatic carbocycles. The minimum Gasteiger partial charge on any atom is -0.376 e. The number of hydrogen-bond donors (Lipinski definition) is 1. The van der Waals surface area contributed by atoms with Crippen LogP contribution in [0.3, 0.4) is 0 Å². The maximum atomic E-state index is 13.2. The first-order valence-corrected chi connectivity index (χ1v) is 6.53. The Morgan fingerprint density at radius 2 is 2.20 bits per heavy atom. The summed E-state index contributed by atoms with van der Waals surface area (Å²) in [6.07, 6.45) is 4.64. The highest BCUT2D eigenvalue weighted by Crippen LogP contribution is 2.24. The van der Waals surface area contributed by atoms with Crippen LogP contribution in [-0.2, 0) is 9.53 Å². The highest BCUT2D eigenvalue weighted by atomic mass is 19.1. The second kappa shape index (κ2) is 5.16. The molecule has 0 saturated carbocycles. The minimum absolute atomic E-state index is 0.130. The van der Waals surface area contributed by atoms with E-state index < -0.39 is 23.8 Å². The molecule has 7 heteroatoms. The Labute approximate surface area is 114 Å². The Morgan fingerprint density at radius 1 is 1.35 bits per heavy atom. The average Bonchev–Trinajstić information content (AvgIpc) is 2.75. The molecular formula is C13H14FN3O3. The highest BCUT2D eigenvalue weighted by molar-refractivity contribution is 6.21. The van der Waals surface area contributed by atoms with Gasteiger partial charge in [-0.05, 0) is 19.3 Å². The lowest BCUT2D eigenvalue weighted by molar-refractivity contribution is -0.122. The van der Waals surface area contributed by atoms with Gasteiger partial charge < -0.3 is 10.1 Å². The van der Waals surface area contributed by atoms with Crippen molar-refractivity contribution >= 4 is 17.6 Å². The van der Waals surface area contributed by atoms with Crippen LogP contribution in [0.25, 0.3) is 0 Å². The smallest absolute Gasteiger partial charge is 0.329 e. The van der Waals surface area contributed by atoms with Crippen LogP contribution in [0.15, 0.2) is 18.5 Å². The van der Waals surface area contributed by atoms with Crippen LogP contribution in [-0.4, -0.2) is 35.7 Å². The van der Waals surface area contributed by atoms with Crippen LogP contribution in [0.1, 0.15) is 19.3 Å². The number of anilines is 1. The number of hydrogen-bond acceptors (Lipinski definition) is 4. The number of rotatable bonds is 2. The van der Waals surface area contributed by atoms with Crippen molar-refractivity contribution in [3.05, 3.63) is 24.3 Å². The lowest BCUT2D eigenvalue weighted by Gasteiger charge is -2.26. The lowest BCUT2D eigenvalue weighted by atomic mass is 10.0. The van der Waals surface area contributed by atoms with E-state index in [1.54, 1.807) is 0 Å². The van der Waals surface area contributed by atoms with Gasteiger partial charge in [0.1, 0.15) is 11.9 Å². The van der Waals surface area contributed by atoms with E-state index in [-0.39, 0.29) is 11.8 Å². The lowest BCUT2D eigenvalue weighted by Crippen LogP contribution is -2.44. The monoisotopic (exact) mass is 279 g/mol. The fourth-order valence-corrected chi connectivity index (χ4v) is 2.55. The van der Waals surface area contributed by atoms with Gasteiger partial charge in [-0.15, -0.1) is 0 Å². The molecule has 2 saturated heterocycles. The fraction of sp³-hybridized carbons (Fsp3) is 0.462. The van der Waals surface area contributed by atoms with Gasteiger partial charge in [-0.2, -0.15) is 0 Å². The van der Waals surface area contributed by atoms with Gasteiger partial charge in [-0.1, -0.05) is 0 Å². The number of pyridine rings is 1. The number of urea groups is 1. The summed E-state index contributed by atoms with van der Waals surface area (Å²) < 4.78 is 18.7. The Hall–Kier alpha value is -2.02. The van der Waals surface area contributed by atoms with Crippen molar-refractivity contribution in [3.8, 4) is 0 Å². The standard InChI is InChI=1S/C13H14FN3O3/c14-8-5-9(7-15-6-8)17-12(18)11(16-13(17)19)10-3-1-2-4-20-10/h5-7,10-11H,1-4H2,(H,16,19). The highest BCUT2D eigenvalue weighted by Gasteiger charge is 2.44. The number of carbonyl (C=O) groups excluding carboxylic acids is 2. The number of ether oxygens (including phenoxy) is 1. The van der Waals surface area contributed by atoms with Crippen LogP contribution in [0.2, 0.25) is 0 Å². The number of nitrogens with one attached hydrogen (secondary N) is 1. The second-order valence-corrected chi connectivity index (χ2v) is 4.87. The zero-order valence-electron chi connectivity index (χ0n) is 10.7. The summed E-state index contributed by atoms with van der Waals surface area (Å²) in [5.74, 6) is -1.02. The molecule has 1 aromatic rings. The van der Waals surface area contributed by atoms with Crippen LogP contribution in [0, 0.1) is 5.82 Å². The zero-order valence-corrected chi connectivity index (χ0v) is 10.7. The topological polar surface area (TPSA) is 71.5 Å². The third-order valence-corrected chi connectivity index (χ3v) is 3.50. The van der Waals surface area contributed by atoms with Gasteiger partial charge in [0.2, 0.25) is 0 Å². The van der Waals surface area contributed by atoms with Crippen molar-refractivity contribution in [3.63, 3.8) is 0 Å². The van der Waals surface area contributed by atoms with Crippen molar-refractivity contribution in [1.29, 1.82) is 0 Å². The quantitative estimate of drug-likeness (QED) is 0.826. The molecule has 0 aliphatic carbocycles. The van der Waals surface area contributed by atoms with Crippen molar-refractivity contribution in [2.45, 2.75) is 31.4 Å². The molecular weight excluding hydrogens is 265 g/mol. The molecule has 106 valence electrons. The van der Waals surface area contributed by atoms with E-state index in [1.807, 2.05) is 0 Å². The van der Waals surface area contributed by atoms with E-state index in [4.69, 9.17) is 4.74 Å². The Morgan fingerprint density at radius 3 is 2.90 bits per heavy atom. The number of nitrogens with zero attached hydrogens (tertiary/aromatic N) is 2. The number of amides is 3. The number of aromatic nitrogens is 1. The van der Waals surface area contributed by atoms with E-state index >= 15 is 0 Å². The van der Waals surface area contributed by atoms with Crippen LogP contribution in [0.5, 0.6) is 0 Å². The average molecular weight is 279 g/mol. The van der Waals surface area contributed by atoms with Crippen molar-refractivity contribution in [1.82, 2.24) is 10.3 Å². The summed E-state index contributed by atoms with van der Waals surface area (Å²) in [6, 6.07) is -0.165. The van der Waals surface area contributed by atoms with E-state index in [9.17, 15) is 14.0 Å². The molecule has 0 spiro atoms. The number of carbonyl (C=O) groups is 2. The second-order valence-electron chi connectivity index (χ2n) is 4.87. The summed E-state index contributed by atoms with van der Waals surface area (Å²) in [5.41, 5.74) is 0.130. The summed E-state index contributed by atoms with van der Waals surface area (Å²) in [6.45, 7) is 0.589. The molecule has 2 aliphatic rings. The summed E-state index contributed by atoms with van der Waals surface area (Å²) in [4.78, 5) is 28.8. The van der Waals surface area contributed by atoms with E-state index in [0.29, 0.717) is 6.61 Å². The predicted molar refractivity (Wildman–Crippen MR) is 67.6 cm³/mol. The molecule has 3 heterocycles. The predicted octanol–water partition coefficient (Wildman–Crippen LogP) is 1.21. The van der Waals surface area contributed by atoms with E-state index in [2.05, 4.69) is 10.3 Å². The third-order valence-electron chi connectivity index (χ3n) is 3.50. The molecule has 0 radical (unpaired) electrons. The molecule has 2 aliphatic heterocycles. The molecule has 0 bridgehead atoms. The number of halogens is 1. The van der Waals surface area contributed by atoms with Crippen molar-refractivity contribution < 1.29 is 18.7 Å². The Kier molecular flexibility index (Phi) is 3.35. The summed E-state index contributed by atoms with van der Waals surface area (Å²) in [7, 11) is 0. The molecule has 3 amide bonds. The molecule has 20 heavy (non-hydrogen) atoms. The molecule has 2 unspecified atom stereocenters. The first-order chi connectivity index (χ1) is 9.66. The van der Waals surface area contributed by atoms with Crippen LogP contribution >= 0.6 is 0 Å². The Balaban J connectivity index is 1.83. The van der Waals surface area contributed by atoms with E-state index in [0.717, 1.165) is 36.4 Å². The zero-order chi connectivity index (χ0) is 14.1. The van der Waals surface area contributed by atoms with Gasteiger partial charge in [0.15, 0.2) is 0 Å². The minimum atomic E-state index is -0.703. The van der Waals surface area contributed by atoms with Crippen molar-refractivity contribution in [2.75, 3.05) is 11.5 Å². The number of imide groups is 1. The molecule has 2 atom stereocenters. The van der Waals surface area contributed by atoms with Gasteiger partial charge in [-0.25, -0.2) is 14.1 Å². The molecule has 6 nitrogen and oxygen atoms in total. The SMILES string of the molecule is O=C1NC(C2CCCCO2)C(=O)N1c1cncc(F)c1. The first kappa shape index (κ1) is 13.0. The molecule has 2 fully saturated rings. The van der Waals surface area contributed by atoms with Crippen LogP contribution < -0.4 is 10.2 Å². The maximum absolute atomic E-state index is 13.2. The summed E-state index contributed by atoms with van der Waals surface area (Å²) >= 11 is 0. The van der Waals surface area contributed by atoms with E-state index in [1.165, 1.54) is 6.20 Å². The molecule has 1 N–H and O–H groups in total. The van der Waals surface area contributed by atoms with Crippen LogP contribution in [0.4, 0.5) is 14.9 Å². The van der Waals surface area contributed by atoms with Gasteiger partial charge in [0.05, 0.1) is 24.2 Å². The van der Waals surface area contributed by atoms with Gasteiger partial charge in [0.25, 0.3) is 5.91 Å². The van der Waals surface area contributed by atoms with Crippen molar-refractivity contribution in [2.24, 2.45) is 0 Å². The first-order valence-electron chi connectivity index (χ1n) is 6.53. The summed E-state index contributed by atoms with van der Waals surface area (Å²) in [5, 5.41) is 2.60. The normalized spacial score (nSPS) is 26.8. The van der Waals surface area contributed by atoms with Gasteiger partial charge >= 0.3 is 6.03 Å². The Bertz CT molecular complexity index is 545. The largest absolute Gasteiger partial charge is 0.376 e. The molecule has 1 aromatic heterocycles.